The second kappa shape index (κ2) is 10.3. The van der Waals surface area contributed by atoms with E-state index in [1.54, 1.807) is 0 Å². The molecule has 0 heterocycles. The van der Waals surface area contributed by atoms with E-state index in [0.717, 1.165) is 0 Å². The van der Waals surface area contributed by atoms with Crippen LogP contribution in [0.25, 0.3) is 0 Å². The molecule has 15 heavy (non-hydrogen) atoms. The van der Waals surface area contributed by atoms with Gasteiger partial charge in [0.05, 0.1) is 6.61 Å². The first kappa shape index (κ1) is 21.4. The average molecular weight is 341 g/mol. The molecule has 0 aromatic rings. The van der Waals surface area contributed by atoms with Crippen LogP contribution >= 0.6 is 0 Å². The van der Waals surface area contributed by atoms with Crippen LogP contribution in [0.3, 0.4) is 0 Å². The Labute approximate surface area is 125 Å². The maximum absolute atomic E-state index is 10.1. The molecule has 0 aliphatic rings. The van der Waals surface area contributed by atoms with Crippen LogP contribution in [0.15, 0.2) is 0 Å². The topological polar surface area (TPSA) is 138 Å². The summed E-state index contributed by atoms with van der Waals surface area (Å²) in [5.74, 6) is -1.73. The summed E-state index contributed by atoms with van der Waals surface area (Å²) < 4.78 is 0. The second-order valence-electron chi connectivity index (χ2n) is 2.51. The third kappa shape index (κ3) is 7.09. The van der Waals surface area contributed by atoms with E-state index in [0.29, 0.717) is 0 Å². The summed E-state index contributed by atoms with van der Waals surface area (Å²) in [5.41, 5.74) is 0. The van der Waals surface area contributed by atoms with E-state index in [2.05, 4.69) is 0 Å². The number of carbonyl (C=O) groups is 1. The summed E-state index contributed by atoms with van der Waals surface area (Å²) in [6.07, 6.45) is -7.84. The first-order chi connectivity index (χ1) is 5.91. The van der Waals surface area contributed by atoms with Crippen LogP contribution in [0, 0.1) is 0 Å². The smallest absolute Gasteiger partial charge is 0.335 e. The summed E-state index contributed by atoms with van der Waals surface area (Å²) in [4.78, 5) is 10.1. The van der Waals surface area contributed by atoms with E-state index in [9.17, 15) is 4.79 Å². The van der Waals surface area contributed by atoms with Crippen molar-refractivity contribution in [3.8, 4) is 0 Å². The number of aliphatic hydroxyl groups is 5. The van der Waals surface area contributed by atoms with Crippen LogP contribution in [0.4, 0.5) is 0 Å². The van der Waals surface area contributed by atoms with Crippen LogP contribution in [0.1, 0.15) is 0 Å². The molecule has 0 bridgehead atoms. The molecule has 7 nitrogen and oxygen atoms in total. The minimum Gasteiger partial charge on any atom is -0.479 e. The first-order valence-electron chi connectivity index (χ1n) is 3.47. The van der Waals surface area contributed by atoms with Crippen molar-refractivity contribution in [1.82, 2.24) is 0 Å². The molecule has 6 N–H and O–H groups in total. The zero-order valence-corrected chi connectivity index (χ0v) is 12.6. The van der Waals surface area contributed by atoms with E-state index in [-0.39, 0.29) is 54.0 Å². The molecule has 4 atom stereocenters. The van der Waals surface area contributed by atoms with Crippen LogP contribution in [-0.2, 0) is 4.79 Å². The van der Waals surface area contributed by atoms with Crippen molar-refractivity contribution in [2.45, 2.75) is 24.4 Å². The second-order valence-corrected chi connectivity index (χ2v) is 2.51. The summed E-state index contributed by atoms with van der Waals surface area (Å²) in [5, 5.41) is 51.8. The van der Waals surface area contributed by atoms with Crippen molar-refractivity contribution in [2.24, 2.45) is 0 Å². The fourth-order valence-corrected chi connectivity index (χ4v) is 0.668. The molecule has 84 valence electrons. The Balaban J connectivity index is -0.000000720. The van der Waals surface area contributed by atoms with Crippen molar-refractivity contribution >= 4 is 60.0 Å². The number of aliphatic carboxylic acids is 1. The average Bonchev–Trinajstić information content (AvgIpc) is 2.12. The zero-order chi connectivity index (χ0) is 10.6. The molecular formula is C6H12NaO7Sb. The van der Waals surface area contributed by atoms with E-state index < -0.39 is 37.0 Å². The number of carboxylic acids is 1. The molecule has 0 aliphatic carbocycles. The van der Waals surface area contributed by atoms with E-state index in [4.69, 9.17) is 30.6 Å². The Bertz CT molecular complexity index is 181. The minimum atomic E-state index is -2.20. The van der Waals surface area contributed by atoms with Crippen LogP contribution in [0.5, 0.6) is 0 Å². The number of hydrogen-bond acceptors (Lipinski definition) is 6. The fraction of sp³-hybridized carbons (Fsp3) is 0.833. The Kier molecular flexibility index (Phi) is 14.6. The molecule has 0 amide bonds. The van der Waals surface area contributed by atoms with Gasteiger partial charge in [-0.15, -0.1) is 0 Å². The Morgan fingerprint density at radius 2 is 1.47 bits per heavy atom. The maximum atomic E-state index is 10.1. The molecule has 9 heteroatoms. The van der Waals surface area contributed by atoms with Gasteiger partial charge in [0.1, 0.15) is 18.3 Å². The monoisotopic (exact) mass is 340 g/mol. The SMILES string of the molecule is O=C(O)[C@H](O)[C@@H](O)[C@H](O)[C@H](O)CO.[Na].[Sb]. The molecule has 0 saturated carbocycles. The standard InChI is InChI=1S/C6H12O7.Na.Sb/c7-1-2(8)3(9)4(10)5(11)6(12)13;;/h2-5,7-11H,1H2,(H,12,13);;/t2-,3-,4+,5-;;/m1../s1. The third-order valence-electron chi connectivity index (χ3n) is 1.51. The maximum Gasteiger partial charge on any atom is 0.335 e. The summed E-state index contributed by atoms with van der Waals surface area (Å²) in [6, 6.07) is 0. The first-order valence-corrected chi connectivity index (χ1v) is 3.47. The number of hydrogen-bond donors (Lipinski definition) is 6. The Hall–Kier alpha value is 1.09. The number of carboxylic acid groups (broad SMARTS) is 1. The van der Waals surface area contributed by atoms with Gasteiger partial charge < -0.3 is 30.6 Å². The zero-order valence-electron chi connectivity index (χ0n) is 8.06. The predicted molar refractivity (Wildman–Crippen MR) is 50.3 cm³/mol. The van der Waals surface area contributed by atoms with Crippen LogP contribution in [0.2, 0.25) is 0 Å². The van der Waals surface area contributed by atoms with Gasteiger partial charge in [-0.3, -0.25) is 0 Å². The van der Waals surface area contributed by atoms with Gasteiger partial charge in [-0.2, -0.15) is 0 Å². The van der Waals surface area contributed by atoms with Gasteiger partial charge in [-0.25, -0.2) is 4.79 Å². The van der Waals surface area contributed by atoms with Crippen molar-refractivity contribution < 1.29 is 35.4 Å². The quantitative estimate of drug-likeness (QED) is 0.279. The van der Waals surface area contributed by atoms with Gasteiger partial charge in [0, 0.05) is 54.0 Å². The number of aliphatic hydroxyl groups excluding tert-OH is 5. The molecule has 0 unspecified atom stereocenters. The molecule has 0 fully saturated rings. The van der Waals surface area contributed by atoms with Gasteiger partial charge in [0.25, 0.3) is 0 Å². The molecule has 0 aliphatic heterocycles. The largest absolute Gasteiger partial charge is 0.479 e. The van der Waals surface area contributed by atoms with E-state index >= 15 is 0 Å². The van der Waals surface area contributed by atoms with Gasteiger partial charge in [-0.1, -0.05) is 0 Å². The van der Waals surface area contributed by atoms with E-state index in [1.165, 1.54) is 0 Å². The van der Waals surface area contributed by atoms with Gasteiger partial charge in [0.2, 0.25) is 0 Å². The summed E-state index contributed by atoms with van der Waals surface area (Å²) >= 11 is 0. The van der Waals surface area contributed by atoms with Crippen molar-refractivity contribution in [2.75, 3.05) is 6.61 Å². The molecule has 0 aromatic heterocycles. The third-order valence-corrected chi connectivity index (χ3v) is 1.51. The summed E-state index contributed by atoms with van der Waals surface area (Å²) in [6.45, 7) is -0.843. The van der Waals surface area contributed by atoms with E-state index in [1.807, 2.05) is 0 Å². The Morgan fingerprint density at radius 1 is 1.07 bits per heavy atom. The molecule has 0 rings (SSSR count). The molecular weight excluding hydrogens is 329 g/mol. The van der Waals surface area contributed by atoms with Crippen molar-refractivity contribution in [3.05, 3.63) is 0 Å². The fourth-order valence-electron chi connectivity index (χ4n) is 0.668. The van der Waals surface area contributed by atoms with Crippen molar-refractivity contribution in [1.29, 1.82) is 0 Å². The predicted octanol–water partition coefficient (Wildman–Crippen LogP) is -4.25. The number of rotatable bonds is 5. The van der Waals surface area contributed by atoms with Crippen molar-refractivity contribution in [3.63, 3.8) is 0 Å². The Morgan fingerprint density at radius 3 is 1.73 bits per heavy atom. The van der Waals surface area contributed by atoms with Gasteiger partial charge >= 0.3 is 5.97 Å². The minimum absolute atomic E-state index is 0. The van der Waals surface area contributed by atoms with Gasteiger partial charge in [-0.05, 0) is 0 Å². The van der Waals surface area contributed by atoms with Crippen LogP contribution in [-0.4, -0.2) is 122 Å². The molecule has 0 spiro atoms. The van der Waals surface area contributed by atoms with Gasteiger partial charge in [0.15, 0.2) is 6.10 Å². The van der Waals surface area contributed by atoms with Crippen LogP contribution < -0.4 is 0 Å². The summed E-state index contributed by atoms with van der Waals surface area (Å²) in [7, 11) is 0. The molecule has 0 saturated heterocycles. The molecule has 4 radical (unpaired) electrons. The molecule has 0 aromatic carbocycles. The normalized spacial score (nSPS) is 17.7.